The lowest BCUT2D eigenvalue weighted by molar-refractivity contribution is -0.119. The molecule has 3 heteroatoms. The van der Waals surface area contributed by atoms with Gasteiger partial charge in [-0.3, -0.25) is 4.79 Å². The van der Waals surface area contributed by atoms with Crippen molar-refractivity contribution in [3.05, 3.63) is 12.7 Å². The summed E-state index contributed by atoms with van der Waals surface area (Å²) in [7, 11) is 0. The van der Waals surface area contributed by atoms with Crippen molar-refractivity contribution in [1.82, 2.24) is 0 Å². The van der Waals surface area contributed by atoms with Gasteiger partial charge >= 0.3 is 0 Å². The molecule has 10 heavy (non-hydrogen) atoms. The molecule has 0 radical (unpaired) electrons. The number of nitrogens with two attached hydrogens (primary N) is 1. The predicted octanol–water partition coefficient (Wildman–Crippen LogP) is 0.189. The fourth-order valence-electron chi connectivity index (χ4n) is 0.645. The number of aliphatic hydroxyl groups is 1. The molecule has 0 bridgehead atoms. The monoisotopic (exact) mass is 143 g/mol. The zero-order valence-corrected chi connectivity index (χ0v) is 5.92. The number of carbonyl (C=O) groups excluding carboxylic acids is 1. The maximum absolute atomic E-state index is 10.2. The van der Waals surface area contributed by atoms with E-state index >= 15 is 0 Å². The fraction of sp³-hybridized carbons (Fsp3) is 0.571. The first kappa shape index (κ1) is 9.17. The molecule has 0 spiro atoms. The van der Waals surface area contributed by atoms with Crippen molar-refractivity contribution in [2.45, 2.75) is 25.4 Å². The fourth-order valence-corrected chi connectivity index (χ4v) is 0.645. The van der Waals surface area contributed by atoms with Gasteiger partial charge in [-0.1, -0.05) is 6.08 Å². The van der Waals surface area contributed by atoms with Crippen molar-refractivity contribution in [1.29, 1.82) is 0 Å². The number of aliphatic hydroxyl groups excluding tert-OH is 1. The predicted molar refractivity (Wildman–Crippen MR) is 39.2 cm³/mol. The lowest BCUT2D eigenvalue weighted by atomic mass is 10.1. The van der Waals surface area contributed by atoms with Crippen LogP contribution in [0, 0.1) is 0 Å². The topological polar surface area (TPSA) is 63.3 Å². The van der Waals surface area contributed by atoms with Crippen molar-refractivity contribution >= 4 is 5.91 Å². The van der Waals surface area contributed by atoms with Gasteiger partial charge in [-0.2, -0.15) is 0 Å². The van der Waals surface area contributed by atoms with E-state index in [1.165, 1.54) is 0 Å². The van der Waals surface area contributed by atoms with Gasteiger partial charge in [0.15, 0.2) is 0 Å². The molecule has 0 aromatic carbocycles. The molecule has 0 rings (SSSR count). The van der Waals surface area contributed by atoms with Gasteiger partial charge in [-0.05, 0) is 12.8 Å². The molecular weight excluding hydrogens is 130 g/mol. The van der Waals surface area contributed by atoms with Crippen molar-refractivity contribution in [2.75, 3.05) is 0 Å². The van der Waals surface area contributed by atoms with Crippen LogP contribution in [0.1, 0.15) is 19.3 Å². The Morgan fingerprint density at radius 2 is 2.40 bits per heavy atom. The van der Waals surface area contributed by atoms with E-state index in [0.717, 1.165) is 0 Å². The number of rotatable bonds is 5. The minimum absolute atomic E-state index is 0.0494. The van der Waals surface area contributed by atoms with Gasteiger partial charge in [0.25, 0.3) is 0 Å². The van der Waals surface area contributed by atoms with E-state index in [-0.39, 0.29) is 6.42 Å². The Morgan fingerprint density at radius 1 is 1.80 bits per heavy atom. The Hall–Kier alpha value is -0.830. The van der Waals surface area contributed by atoms with Gasteiger partial charge < -0.3 is 10.8 Å². The number of primary amides is 1. The molecule has 0 saturated heterocycles. The summed E-state index contributed by atoms with van der Waals surface area (Å²) in [5.41, 5.74) is 4.84. The Balaban J connectivity index is 3.33. The molecule has 0 aromatic heterocycles. The molecule has 0 aromatic rings. The van der Waals surface area contributed by atoms with Crippen LogP contribution in [-0.2, 0) is 4.79 Å². The summed E-state index contributed by atoms with van der Waals surface area (Å²) in [6.45, 7) is 3.48. The zero-order valence-electron chi connectivity index (χ0n) is 5.92. The first-order valence-corrected chi connectivity index (χ1v) is 3.24. The summed E-state index contributed by atoms with van der Waals surface area (Å²) in [5, 5.41) is 9.00. The van der Waals surface area contributed by atoms with Gasteiger partial charge in [0.05, 0.1) is 12.5 Å². The summed E-state index contributed by atoms with van der Waals surface area (Å²) in [4.78, 5) is 10.2. The summed E-state index contributed by atoms with van der Waals surface area (Å²) in [6.07, 6.45) is 2.43. The highest BCUT2D eigenvalue weighted by Crippen LogP contribution is 2.00. The molecular formula is C7H13NO2. The average Bonchev–Trinajstić information content (AvgIpc) is 1.82. The van der Waals surface area contributed by atoms with Gasteiger partial charge in [0.2, 0.25) is 5.91 Å². The van der Waals surface area contributed by atoms with Gasteiger partial charge in [0, 0.05) is 0 Å². The van der Waals surface area contributed by atoms with Crippen molar-refractivity contribution < 1.29 is 9.90 Å². The van der Waals surface area contributed by atoms with E-state index in [1.54, 1.807) is 6.08 Å². The first-order valence-electron chi connectivity index (χ1n) is 3.24. The summed E-state index contributed by atoms with van der Waals surface area (Å²) >= 11 is 0. The second kappa shape index (κ2) is 4.99. The van der Waals surface area contributed by atoms with Crippen LogP contribution in [-0.4, -0.2) is 17.1 Å². The largest absolute Gasteiger partial charge is 0.393 e. The lowest BCUT2D eigenvalue weighted by Gasteiger charge is -2.04. The summed E-state index contributed by atoms with van der Waals surface area (Å²) < 4.78 is 0. The van der Waals surface area contributed by atoms with E-state index in [9.17, 15) is 4.79 Å². The van der Waals surface area contributed by atoms with E-state index in [1.807, 2.05) is 0 Å². The smallest absolute Gasteiger partial charge is 0.220 e. The molecule has 3 nitrogen and oxygen atoms in total. The second-order valence-electron chi connectivity index (χ2n) is 2.19. The highest BCUT2D eigenvalue weighted by Gasteiger charge is 2.05. The maximum atomic E-state index is 10.2. The normalized spacial score (nSPS) is 12.5. The summed E-state index contributed by atoms with van der Waals surface area (Å²) in [6, 6.07) is 0. The lowest BCUT2D eigenvalue weighted by Crippen LogP contribution is -2.19. The molecule has 1 atom stereocenters. The maximum Gasteiger partial charge on any atom is 0.220 e. The Bertz CT molecular complexity index is 123. The van der Waals surface area contributed by atoms with Crippen LogP contribution in [0.4, 0.5) is 0 Å². The molecule has 0 aliphatic carbocycles. The Kier molecular flexibility index (Phi) is 4.58. The quantitative estimate of drug-likeness (QED) is 0.539. The number of hydrogen-bond acceptors (Lipinski definition) is 2. The highest BCUT2D eigenvalue weighted by molar-refractivity contribution is 5.74. The van der Waals surface area contributed by atoms with Crippen molar-refractivity contribution in [3.63, 3.8) is 0 Å². The van der Waals surface area contributed by atoms with E-state index in [0.29, 0.717) is 12.8 Å². The second-order valence-corrected chi connectivity index (χ2v) is 2.19. The minimum atomic E-state index is -0.601. The number of amides is 1. The molecule has 0 saturated carbocycles. The Morgan fingerprint density at radius 3 is 2.80 bits per heavy atom. The number of hydrogen-bond donors (Lipinski definition) is 2. The van der Waals surface area contributed by atoms with Crippen LogP contribution in [0.3, 0.4) is 0 Å². The van der Waals surface area contributed by atoms with Crippen LogP contribution in [0.2, 0.25) is 0 Å². The van der Waals surface area contributed by atoms with Crippen LogP contribution in [0.15, 0.2) is 12.7 Å². The molecule has 3 N–H and O–H groups in total. The van der Waals surface area contributed by atoms with E-state index < -0.39 is 12.0 Å². The third-order valence-corrected chi connectivity index (χ3v) is 1.14. The molecule has 1 unspecified atom stereocenters. The SMILES string of the molecule is C=CCCC(O)CC(N)=O. The molecule has 0 aliphatic rings. The third-order valence-electron chi connectivity index (χ3n) is 1.14. The zero-order chi connectivity index (χ0) is 7.98. The molecule has 0 fully saturated rings. The average molecular weight is 143 g/mol. The number of carbonyl (C=O) groups is 1. The van der Waals surface area contributed by atoms with Gasteiger partial charge in [-0.15, -0.1) is 6.58 Å². The molecule has 58 valence electrons. The van der Waals surface area contributed by atoms with Crippen LogP contribution < -0.4 is 5.73 Å². The number of allylic oxidation sites excluding steroid dienone is 1. The minimum Gasteiger partial charge on any atom is -0.393 e. The molecule has 0 heterocycles. The summed E-state index contributed by atoms with van der Waals surface area (Å²) in [5.74, 6) is -0.462. The van der Waals surface area contributed by atoms with Crippen LogP contribution in [0.5, 0.6) is 0 Å². The Labute approximate surface area is 60.5 Å². The molecule has 0 aliphatic heterocycles. The molecule has 1 amide bonds. The first-order chi connectivity index (χ1) is 4.66. The van der Waals surface area contributed by atoms with E-state index in [4.69, 9.17) is 10.8 Å². The van der Waals surface area contributed by atoms with Crippen molar-refractivity contribution in [3.8, 4) is 0 Å². The highest BCUT2D eigenvalue weighted by atomic mass is 16.3. The third kappa shape index (κ3) is 5.31. The van der Waals surface area contributed by atoms with Gasteiger partial charge in [-0.25, -0.2) is 0 Å². The standard InChI is InChI=1S/C7H13NO2/c1-2-3-4-6(9)5-7(8)10/h2,6,9H,1,3-5H2,(H2,8,10). The van der Waals surface area contributed by atoms with Crippen LogP contribution in [0.25, 0.3) is 0 Å². The van der Waals surface area contributed by atoms with E-state index in [2.05, 4.69) is 6.58 Å². The van der Waals surface area contributed by atoms with Crippen molar-refractivity contribution in [2.24, 2.45) is 5.73 Å². The van der Waals surface area contributed by atoms with Crippen LogP contribution >= 0.6 is 0 Å². The van der Waals surface area contributed by atoms with Gasteiger partial charge in [0.1, 0.15) is 0 Å².